The molecular formula is C12H17ClN2. The zero-order chi connectivity index (χ0) is 10.9. The van der Waals surface area contributed by atoms with Crippen molar-refractivity contribution in [3.63, 3.8) is 0 Å². The highest BCUT2D eigenvalue weighted by molar-refractivity contribution is 6.29. The van der Waals surface area contributed by atoms with Gasteiger partial charge in [-0.1, -0.05) is 31.5 Å². The molecule has 0 atom stereocenters. The predicted molar refractivity (Wildman–Crippen MR) is 62.9 cm³/mol. The number of likely N-dealkylation sites (tertiary alicyclic amines) is 1. The first-order chi connectivity index (χ1) is 7.05. The molecule has 0 aromatic carbocycles. The van der Waals surface area contributed by atoms with Gasteiger partial charge in [-0.25, -0.2) is 4.98 Å². The average Bonchev–Trinajstić information content (AvgIpc) is 2.50. The minimum atomic E-state index is 0.472. The molecule has 15 heavy (non-hydrogen) atoms. The number of rotatable bonds is 2. The normalized spacial score (nSPS) is 20.7. The van der Waals surface area contributed by atoms with Crippen molar-refractivity contribution < 1.29 is 0 Å². The second-order valence-corrected chi connectivity index (χ2v) is 5.50. The van der Waals surface area contributed by atoms with Gasteiger partial charge in [0.1, 0.15) is 5.15 Å². The monoisotopic (exact) mass is 224 g/mol. The smallest absolute Gasteiger partial charge is 0.129 e. The molecule has 1 aromatic heterocycles. The molecule has 0 radical (unpaired) electrons. The van der Waals surface area contributed by atoms with E-state index in [1.54, 1.807) is 0 Å². The van der Waals surface area contributed by atoms with Crippen molar-refractivity contribution in [1.82, 2.24) is 9.88 Å². The van der Waals surface area contributed by atoms with E-state index in [-0.39, 0.29) is 0 Å². The van der Waals surface area contributed by atoms with E-state index in [1.165, 1.54) is 25.1 Å². The summed E-state index contributed by atoms with van der Waals surface area (Å²) in [5.74, 6) is 0. The van der Waals surface area contributed by atoms with Gasteiger partial charge in [-0.15, -0.1) is 0 Å². The number of aromatic nitrogens is 1. The van der Waals surface area contributed by atoms with E-state index in [2.05, 4.69) is 29.8 Å². The van der Waals surface area contributed by atoms with Gasteiger partial charge in [0.2, 0.25) is 0 Å². The number of halogens is 1. The molecule has 3 heteroatoms. The molecule has 1 aliphatic heterocycles. The molecule has 1 fully saturated rings. The molecule has 0 spiro atoms. The summed E-state index contributed by atoms with van der Waals surface area (Å²) < 4.78 is 0. The van der Waals surface area contributed by atoms with Crippen LogP contribution >= 0.6 is 11.6 Å². The maximum atomic E-state index is 5.75. The molecule has 0 N–H and O–H groups in total. The van der Waals surface area contributed by atoms with Crippen molar-refractivity contribution in [2.24, 2.45) is 5.41 Å². The van der Waals surface area contributed by atoms with Gasteiger partial charge in [-0.3, -0.25) is 4.90 Å². The third-order valence-electron chi connectivity index (χ3n) is 2.95. The Labute approximate surface area is 96.3 Å². The standard InChI is InChI=1S/C12H17ClN2/c1-12(2)5-6-15(9-12)8-10-3-4-11(13)14-7-10/h3-4,7H,5-6,8-9H2,1-2H3. The summed E-state index contributed by atoms with van der Waals surface area (Å²) in [7, 11) is 0. The Morgan fingerprint density at radius 1 is 1.47 bits per heavy atom. The van der Waals surface area contributed by atoms with E-state index in [1.807, 2.05) is 12.3 Å². The third kappa shape index (κ3) is 2.93. The van der Waals surface area contributed by atoms with E-state index >= 15 is 0 Å². The van der Waals surface area contributed by atoms with Gasteiger partial charge in [-0.05, 0) is 30.0 Å². The van der Waals surface area contributed by atoms with Crippen LogP contribution in [0.5, 0.6) is 0 Å². The van der Waals surface area contributed by atoms with Crippen LogP contribution in [0.3, 0.4) is 0 Å². The van der Waals surface area contributed by atoms with Crippen LogP contribution in [0, 0.1) is 5.41 Å². The fraction of sp³-hybridized carbons (Fsp3) is 0.583. The van der Waals surface area contributed by atoms with Crippen LogP contribution in [-0.4, -0.2) is 23.0 Å². The summed E-state index contributed by atoms with van der Waals surface area (Å²) >= 11 is 5.75. The molecule has 0 bridgehead atoms. The fourth-order valence-electron chi connectivity index (χ4n) is 2.12. The Balaban J connectivity index is 1.96. The van der Waals surface area contributed by atoms with Gasteiger partial charge in [-0.2, -0.15) is 0 Å². The summed E-state index contributed by atoms with van der Waals surface area (Å²) in [6.45, 7) is 8.01. The van der Waals surface area contributed by atoms with E-state index in [0.29, 0.717) is 10.6 Å². The zero-order valence-electron chi connectivity index (χ0n) is 9.33. The Morgan fingerprint density at radius 3 is 2.80 bits per heavy atom. The predicted octanol–water partition coefficient (Wildman–Crippen LogP) is 2.97. The fourth-order valence-corrected chi connectivity index (χ4v) is 2.23. The summed E-state index contributed by atoms with van der Waals surface area (Å²) in [6, 6.07) is 3.92. The van der Waals surface area contributed by atoms with Crippen molar-refractivity contribution in [2.45, 2.75) is 26.8 Å². The van der Waals surface area contributed by atoms with Crippen molar-refractivity contribution in [1.29, 1.82) is 0 Å². The number of nitrogens with zero attached hydrogens (tertiary/aromatic N) is 2. The van der Waals surface area contributed by atoms with Gasteiger partial charge in [0.15, 0.2) is 0 Å². The zero-order valence-corrected chi connectivity index (χ0v) is 10.1. The Kier molecular flexibility index (Phi) is 2.98. The van der Waals surface area contributed by atoms with Crippen molar-refractivity contribution in [2.75, 3.05) is 13.1 Å². The van der Waals surface area contributed by atoms with Crippen LogP contribution < -0.4 is 0 Å². The molecule has 0 saturated carbocycles. The van der Waals surface area contributed by atoms with Gasteiger partial charge >= 0.3 is 0 Å². The lowest BCUT2D eigenvalue weighted by atomic mass is 9.93. The van der Waals surface area contributed by atoms with Crippen molar-refractivity contribution in [3.8, 4) is 0 Å². The number of hydrogen-bond acceptors (Lipinski definition) is 2. The maximum absolute atomic E-state index is 5.75. The molecule has 82 valence electrons. The van der Waals surface area contributed by atoms with Crippen LogP contribution in [0.15, 0.2) is 18.3 Å². The molecule has 0 aliphatic carbocycles. The minimum Gasteiger partial charge on any atom is -0.298 e. The maximum Gasteiger partial charge on any atom is 0.129 e. The number of hydrogen-bond donors (Lipinski definition) is 0. The van der Waals surface area contributed by atoms with Gasteiger partial charge < -0.3 is 0 Å². The molecule has 1 aliphatic rings. The molecule has 2 nitrogen and oxygen atoms in total. The Bertz CT molecular complexity index is 332. The van der Waals surface area contributed by atoms with E-state index in [9.17, 15) is 0 Å². The van der Waals surface area contributed by atoms with Crippen LogP contribution in [0.25, 0.3) is 0 Å². The van der Waals surface area contributed by atoms with E-state index in [4.69, 9.17) is 11.6 Å². The Hall–Kier alpha value is -0.600. The summed E-state index contributed by atoms with van der Waals surface area (Å²) in [4.78, 5) is 6.57. The molecule has 0 unspecified atom stereocenters. The van der Waals surface area contributed by atoms with Crippen molar-refractivity contribution in [3.05, 3.63) is 29.0 Å². The van der Waals surface area contributed by atoms with Crippen LogP contribution in [-0.2, 0) is 6.54 Å². The minimum absolute atomic E-state index is 0.472. The van der Waals surface area contributed by atoms with E-state index < -0.39 is 0 Å². The molecule has 1 saturated heterocycles. The lowest BCUT2D eigenvalue weighted by molar-refractivity contribution is 0.284. The largest absolute Gasteiger partial charge is 0.298 e. The second kappa shape index (κ2) is 4.11. The number of pyridine rings is 1. The molecule has 2 heterocycles. The lowest BCUT2D eigenvalue weighted by Gasteiger charge is -2.19. The molecule has 1 aromatic rings. The molecule has 0 amide bonds. The first-order valence-electron chi connectivity index (χ1n) is 5.38. The lowest BCUT2D eigenvalue weighted by Crippen LogP contribution is -2.22. The van der Waals surface area contributed by atoms with Crippen molar-refractivity contribution >= 4 is 11.6 Å². The van der Waals surface area contributed by atoms with E-state index in [0.717, 1.165) is 6.54 Å². The Morgan fingerprint density at radius 2 is 2.27 bits per heavy atom. The first kappa shape index (κ1) is 10.9. The average molecular weight is 225 g/mol. The van der Waals surface area contributed by atoms with Crippen LogP contribution in [0.2, 0.25) is 5.15 Å². The highest BCUT2D eigenvalue weighted by Crippen LogP contribution is 2.29. The first-order valence-corrected chi connectivity index (χ1v) is 5.76. The molecular weight excluding hydrogens is 208 g/mol. The highest BCUT2D eigenvalue weighted by atomic mass is 35.5. The topological polar surface area (TPSA) is 16.1 Å². The quantitative estimate of drug-likeness (QED) is 0.719. The highest BCUT2D eigenvalue weighted by Gasteiger charge is 2.28. The van der Waals surface area contributed by atoms with Gasteiger partial charge in [0.25, 0.3) is 0 Å². The second-order valence-electron chi connectivity index (χ2n) is 5.11. The third-order valence-corrected chi connectivity index (χ3v) is 3.17. The summed E-state index contributed by atoms with van der Waals surface area (Å²) in [5, 5.41) is 0.570. The van der Waals surface area contributed by atoms with Gasteiger partial charge in [0, 0.05) is 19.3 Å². The van der Waals surface area contributed by atoms with Crippen LogP contribution in [0.4, 0.5) is 0 Å². The SMILES string of the molecule is CC1(C)CCN(Cc2ccc(Cl)nc2)C1. The van der Waals surface area contributed by atoms with Gasteiger partial charge in [0.05, 0.1) is 0 Å². The molecule has 2 rings (SSSR count). The van der Waals surface area contributed by atoms with Crippen LogP contribution in [0.1, 0.15) is 25.8 Å². The summed E-state index contributed by atoms with van der Waals surface area (Å²) in [5.41, 5.74) is 1.72. The summed E-state index contributed by atoms with van der Waals surface area (Å²) in [6.07, 6.45) is 3.15.